The molecule has 0 aliphatic heterocycles. The van der Waals surface area contributed by atoms with Crippen molar-refractivity contribution in [3.05, 3.63) is 24.0 Å². The molecule has 0 aliphatic carbocycles. The Bertz CT molecular complexity index is 440. The van der Waals surface area contributed by atoms with E-state index in [-0.39, 0.29) is 42.9 Å². The second-order valence-electron chi connectivity index (χ2n) is 3.46. The van der Waals surface area contributed by atoms with Crippen LogP contribution in [0.3, 0.4) is 0 Å². The second kappa shape index (κ2) is 7.62. The van der Waals surface area contributed by atoms with Gasteiger partial charge in [-0.25, -0.2) is 4.39 Å². The van der Waals surface area contributed by atoms with Crippen LogP contribution in [-0.4, -0.2) is 18.4 Å². The molecule has 7 heteroatoms. The molecule has 0 saturated carbocycles. The highest BCUT2D eigenvalue weighted by Crippen LogP contribution is 2.19. The summed E-state index contributed by atoms with van der Waals surface area (Å²) in [5, 5.41) is 4.88. The lowest BCUT2D eigenvalue weighted by Gasteiger charge is -2.08. The Morgan fingerprint density at radius 3 is 2.56 bits per heavy atom. The first kappa shape index (κ1) is 16.3. The van der Waals surface area contributed by atoms with Crippen molar-refractivity contribution in [2.24, 2.45) is 5.73 Å². The van der Waals surface area contributed by atoms with Crippen molar-refractivity contribution in [3.63, 3.8) is 0 Å². The Hall–Kier alpha value is -1.66. The zero-order valence-electron chi connectivity index (χ0n) is 9.83. The Balaban J connectivity index is 0.00000289. The fourth-order valence-electron chi connectivity index (χ4n) is 1.25. The van der Waals surface area contributed by atoms with E-state index in [1.807, 2.05) is 0 Å². The minimum atomic E-state index is -0.565. The van der Waals surface area contributed by atoms with E-state index >= 15 is 0 Å². The van der Waals surface area contributed by atoms with Gasteiger partial charge in [-0.1, -0.05) is 0 Å². The molecule has 0 unspecified atom stereocenters. The van der Waals surface area contributed by atoms with E-state index in [1.54, 1.807) is 0 Å². The van der Waals surface area contributed by atoms with Gasteiger partial charge in [0.2, 0.25) is 11.8 Å². The van der Waals surface area contributed by atoms with Gasteiger partial charge >= 0.3 is 0 Å². The molecule has 0 heterocycles. The average Bonchev–Trinajstić information content (AvgIpc) is 2.22. The van der Waals surface area contributed by atoms with Crippen LogP contribution >= 0.6 is 12.4 Å². The van der Waals surface area contributed by atoms with Crippen molar-refractivity contribution in [3.8, 4) is 0 Å². The number of hydrogen-bond donors (Lipinski definition) is 3. The lowest BCUT2D eigenvalue weighted by molar-refractivity contribution is -0.116. The van der Waals surface area contributed by atoms with E-state index in [2.05, 4.69) is 10.6 Å². The molecule has 1 aromatic carbocycles. The van der Waals surface area contributed by atoms with Crippen molar-refractivity contribution >= 4 is 35.6 Å². The molecule has 5 nitrogen and oxygen atoms in total. The molecule has 0 atom stereocenters. The molecule has 0 aliphatic rings. The Kier molecular flexibility index (Phi) is 6.92. The zero-order chi connectivity index (χ0) is 12.8. The maximum atomic E-state index is 13.3. The fourth-order valence-corrected chi connectivity index (χ4v) is 1.25. The smallest absolute Gasteiger partial charge is 0.225 e. The summed E-state index contributed by atoms with van der Waals surface area (Å²) >= 11 is 0. The van der Waals surface area contributed by atoms with Gasteiger partial charge in [0.05, 0.1) is 5.69 Å². The Labute approximate surface area is 110 Å². The van der Waals surface area contributed by atoms with E-state index in [0.29, 0.717) is 5.69 Å². The first-order valence-corrected chi connectivity index (χ1v) is 5.10. The van der Waals surface area contributed by atoms with Gasteiger partial charge in [-0.2, -0.15) is 0 Å². The number of carbonyl (C=O) groups is 2. The lowest BCUT2D eigenvalue weighted by Crippen LogP contribution is -2.17. The van der Waals surface area contributed by atoms with Crippen LogP contribution in [-0.2, 0) is 9.59 Å². The molecule has 4 N–H and O–H groups in total. The predicted molar refractivity (Wildman–Crippen MR) is 70.3 cm³/mol. The minimum Gasteiger partial charge on any atom is -0.330 e. The summed E-state index contributed by atoms with van der Waals surface area (Å²) in [6.07, 6.45) is 0.115. The molecule has 1 rings (SSSR count). The van der Waals surface area contributed by atoms with Crippen molar-refractivity contribution < 1.29 is 14.0 Å². The van der Waals surface area contributed by atoms with E-state index in [0.717, 1.165) is 0 Å². The van der Waals surface area contributed by atoms with Crippen LogP contribution in [0.15, 0.2) is 18.2 Å². The lowest BCUT2D eigenvalue weighted by atomic mass is 10.2. The molecule has 18 heavy (non-hydrogen) atoms. The molecule has 0 bridgehead atoms. The number of nitrogens with one attached hydrogen (secondary N) is 2. The number of rotatable bonds is 4. The average molecular weight is 276 g/mol. The number of amides is 2. The predicted octanol–water partition coefficient (Wildman–Crippen LogP) is 1.49. The van der Waals surface area contributed by atoms with Crippen LogP contribution in [0.2, 0.25) is 0 Å². The highest BCUT2D eigenvalue weighted by molar-refractivity contribution is 5.93. The molecule has 2 amide bonds. The summed E-state index contributed by atoms with van der Waals surface area (Å²) in [5.41, 5.74) is 5.65. The number of benzene rings is 1. The van der Waals surface area contributed by atoms with Crippen LogP contribution in [0.4, 0.5) is 15.8 Å². The third-order valence-electron chi connectivity index (χ3n) is 1.93. The summed E-state index contributed by atoms with van der Waals surface area (Å²) in [7, 11) is 0. The maximum Gasteiger partial charge on any atom is 0.225 e. The summed E-state index contributed by atoms with van der Waals surface area (Å²) in [4.78, 5) is 22.1. The van der Waals surface area contributed by atoms with Crippen LogP contribution < -0.4 is 16.4 Å². The molecular weight excluding hydrogens is 261 g/mol. The van der Waals surface area contributed by atoms with Crippen LogP contribution in [0.25, 0.3) is 0 Å². The topological polar surface area (TPSA) is 84.2 Å². The summed E-state index contributed by atoms with van der Waals surface area (Å²) < 4.78 is 13.3. The summed E-state index contributed by atoms with van der Waals surface area (Å²) in [6.45, 7) is 1.54. The van der Waals surface area contributed by atoms with Gasteiger partial charge < -0.3 is 16.4 Å². The largest absolute Gasteiger partial charge is 0.330 e. The van der Waals surface area contributed by atoms with Crippen molar-refractivity contribution in [1.29, 1.82) is 0 Å². The maximum absolute atomic E-state index is 13.3. The fraction of sp³-hybridized carbons (Fsp3) is 0.273. The summed E-state index contributed by atoms with van der Waals surface area (Å²) in [6, 6.07) is 3.93. The number of anilines is 2. The molecule has 0 spiro atoms. The van der Waals surface area contributed by atoms with Gasteiger partial charge in [0.1, 0.15) is 5.82 Å². The first-order chi connectivity index (χ1) is 8.02. The molecule has 100 valence electrons. The molecule has 0 radical (unpaired) electrons. The minimum absolute atomic E-state index is 0. The van der Waals surface area contributed by atoms with Crippen LogP contribution in [0.5, 0.6) is 0 Å². The van der Waals surface area contributed by atoms with Gasteiger partial charge in [-0.15, -0.1) is 12.4 Å². The quantitative estimate of drug-likeness (QED) is 0.778. The normalized spacial score (nSPS) is 9.28. The van der Waals surface area contributed by atoms with E-state index in [4.69, 9.17) is 5.73 Å². The van der Waals surface area contributed by atoms with Crippen LogP contribution in [0, 0.1) is 5.82 Å². The van der Waals surface area contributed by atoms with Gasteiger partial charge in [-0.05, 0) is 18.2 Å². The van der Waals surface area contributed by atoms with Crippen molar-refractivity contribution in [1.82, 2.24) is 0 Å². The van der Waals surface area contributed by atoms with Crippen molar-refractivity contribution in [2.45, 2.75) is 13.3 Å². The van der Waals surface area contributed by atoms with Gasteiger partial charge in [-0.3, -0.25) is 9.59 Å². The number of hydrogen-bond acceptors (Lipinski definition) is 3. The number of carbonyl (C=O) groups excluding carboxylic acids is 2. The molecule has 0 saturated heterocycles. The van der Waals surface area contributed by atoms with Gasteiger partial charge in [0.15, 0.2) is 0 Å². The monoisotopic (exact) mass is 275 g/mol. The SMILES string of the molecule is CC(=O)Nc1ccc(F)c(NC(=O)CCN)c1.Cl. The summed E-state index contributed by atoms with van der Waals surface area (Å²) in [5.74, 6) is -1.20. The van der Waals surface area contributed by atoms with Gasteiger partial charge in [0, 0.05) is 25.6 Å². The first-order valence-electron chi connectivity index (χ1n) is 5.10. The molecule has 0 fully saturated rings. The highest BCUT2D eigenvalue weighted by atomic mass is 35.5. The molecular formula is C11H15ClFN3O2. The standard InChI is InChI=1S/C11H14FN3O2.ClH/c1-7(16)14-8-2-3-9(12)10(6-8)15-11(17)4-5-13;/h2-3,6H,4-5,13H2,1H3,(H,14,16)(H,15,17);1H. The number of nitrogens with two attached hydrogens (primary N) is 1. The third kappa shape index (κ3) is 5.11. The van der Waals surface area contributed by atoms with E-state index < -0.39 is 5.82 Å². The zero-order valence-corrected chi connectivity index (χ0v) is 10.6. The highest BCUT2D eigenvalue weighted by Gasteiger charge is 2.07. The molecule has 1 aromatic rings. The third-order valence-corrected chi connectivity index (χ3v) is 1.93. The van der Waals surface area contributed by atoms with Crippen molar-refractivity contribution in [2.75, 3.05) is 17.2 Å². The van der Waals surface area contributed by atoms with Crippen LogP contribution in [0.1, 0.15) is 13.3 Å². The van der Waals surface area contributed by atoms with E-state index in [1.165, 1.54) is 25.1 Å². The second-order valence-corrected chi connectivity index (χ2v) is 3.46. The Morgan fingerprint density at radius 2 is 2.00 bits per heavy atom. The molecule has 0 aromatic heterocycles. The van der Waals surface area contributed by atoms with E-state index in [9.17, 15) is 14.0 Å². The van der Waals surface area contributed by atoms with Gasteiger partial charge in [0.25, 0.3) is 0 Å². The number of halogens is 2. The Morgan fingerprint density at radius 1 is 1.33 bits per heavy atom.